The van der Waals surface area contributed by atoms with Crippen molar-refractivity contribution in [1.29, 1.82) is 0 Å². The number of nitrogens with two attached hydrogens (primary N) is 1. The van der Waals surface area contributed by atoms with Crippen molar-refractivity contribution in [2.75, 3.05) is 12.4 Å². The van der Waals surface area contributed by atoms with E-state index >= 15 is 0 Å². The first-order chi connectivity index (χ1) is 7.10. The molecule has 0 aromatic carbocycles. The van der Waals surface area contributed by atoms with E-state index in [9.17, 15) is 9.59 Å². The molecule has 15 heavy (non-hydrogen) atoms. The Morgan fingerprint density at radius 2 is 2.40 bits per heavy atom. The van der Waals surface area contributed by atoms with Crippen LogP contribution in [0.25, 0.3) is 0 Å². The molecule has 6 nitrogen and oxygen atoms in total. The molecule has 1 aromatic heterocycles. The highest BCUT2D eigenvalue weighted by Crippen LogP contribution is 2.06. The summed E-state index contributed by atoms with van der Waals surface area (Å²) in [4.78, 5) is 22.6. The zero-order valence-electron chi connectivity index (χ0n) is 8.73. The van der Waals surface area contributed by atoms with Crippen LogP contribution in [0.4, 0.5) is 5.69 Å². The fourth-order valence-corrected chi connectivity index (χ4v) is 1.28. The molecule has 0 radical (unpaired) electrons. The van der Waals surface area contributed by atoms with Crippen LogP contribution in [0.3, 0.4) is 0 Å². The quantitative estimate of drug-likeness (QED) is 0.715. The second-order valence-electron chi connectivity index (χ2n) is 3.10. The lowest BCUT2D eigenvalue weighted by atomic mass is 10.2. The molecule has 1 aromatic rings. The van der Waals surface area contributed by atoms with Crippen molar-refractivity contribution in [2.45, 2.75) is 19.4 Å². The maximum absolute atomic E-state index is 11.6. The van der Waals surface area contributed by atoms with Crippen molar-refractivity contribution >= 4 is 11.6 Å². The highest BCUT2D eigenvalue weighted by Gasteiger charge is 2.17. The van der Waals surface area contributed by atoms with Crippen LogP contribution in [-0.2, 0) is 4.79 Å². The number of hydrogen-bond donors (Lipinski definition) is 2. The van der Waals surface area contributed by atoms with Crippen LogP contribution >= 0.6 is 0 Å². The van der Waals surface area contributed by atoms with Gasteiger partial charge in [0.15, 0.2) is 0 Å². The third-order valence-corrected chi connectivity index (χ3v) is 2.13. The van der Waals surface area contributed by atoms with E-state index in [2.05, 4.69) is 10.4 Å². The van der Waals surface area contributed by atoms with E-state index in [-0.39, 0.29) is 5.56 Å². The summed E-state index contributed by atoms with van der Waals surface area (Å²) in [5.41, 5.74) is 5.43. The van der Waals surface area contributed by atoms with Crippen LogP contribution in [-0.4, -0.2) is 22.7 Å². The molecule has 3 N–H and O–H groups in total. The molecule has 0 saturated heterocycles. The van der Waals surface area contributed by atoms with Gasteiger partial charge in [0.25, 0.3) is 5.56 Å². The molecule has 0 bridgehead atoms. The predicted octanol–water partition coefficient (Wildman–Crippen LogP) is -0.279. The third-order valence-electron chi connectivity index (χ3n) is 2.13. The molecule has 1 rings (SSSR count). The minimum atomic E-state index is -0.677. The van der Waals surface area contributed by atoms with Gasteiger partial charge in [0, 0.05) is 13.1 Å². The molecule has 0 aliphatic carbocycles. The number of amides is 1. The Hall–Kier alpha value is -1.85. The first-order valence-electron chi connectivity index (χ1n) is 4.66. The summed E-state index contributed by atoms with van der Waals surface area (Å²) >= 11 is 0. The van der Waals surface area contributed by atoms with Crippen LogP contribution in [0, 0.1) is 0 Å². The molecule has 1 atom stereocenters. The Bertz CT molecular complexity index is 413. The van der Waals surface area contributed by atoms with Gasteiger partial charge in [-0.15, -0.1) is 0 Å². The average Bonchev–Trinajstić information content (AvgIpc) is 2.20. The van der Waals surface area contributed by atoms with Crippen LogP contribution < -0.4 is 16.6 Å². The summed E-state index contributed by atoms with van der Waals surface area (Å²) in [6.45, 7) is 1.77. The maximum atomic E-state index is 11.6. The Labute approximate surface area is 87.1 Å². The topological polar surface area (TPSA) is 90.0 Å². The normalized spacial score (nSPS) is 12.1. The summed E-state index contributed by atoms with van der Waals surface area (Å²) in [5, 5.41) is 6.67. The number of aromatic nitrogens is 2. The third kappa shape index (κ3) is 2.34. The van der Waals surface area contributed by atoms with Crippen molar-refractivity contribution in [3.8, 4) is 0 Å². The van der Waals surface area contributed by atoms with E-state index in [1.807, 2.05) is 0 Å². The van der Waals surface area contributed by atoms with Crippen molar-refractivity contribution in [3.05, 3.63) is 22.6 Å². The summed E-state index contributed by atoms with van der Waals surface area (Å²) < 4.78 is 1.10. The molecular weight excluding hydrogens is 196 g/mol. The Balaban J connectivity index is 3.15. The van der Waals surface area contributed by atoms with Crippen LogP contribution in [0.15, 0.2) is 17.1 Å². The largest absolute Gasteiger partial charge is 0.387 e. The minimum absolute atomic E-state index is 0.340. The van der Waals surface area contributed by atoms with E-state index in [0.717, 1.165) is 4.68 Å². The number of nitrogens with zero attached hydrogens (tertiary/aromatic N) is 2. The number of carbonyl (C=O) groups excluding carboxylic acids is 1. The first kappa shape index (κ1) is 11.2. The van der Waals surface area contributed by atoms with Crippen LogP contribution in [0.5, 0.6) is 0 Å². The van der Waals surface area contributed by atoms with E-state index in [1.54, 1.807) is 14.0 Å². The lowest BCUT2D eigenvalue weighted by Crippen LogP contribution is -2.34. The predicted molar refractivity (Wildman–Crippen MR) is 56.6 cm³/mol. The Morgan fingerprint density at radius 3 is 2.80 bits per heavy atom. The molecular formula is C9H14N4O2. The summed E-state index contributed by atoms with van der Waals surface area (Å²) in [6.07, 6.45) is 1.92. The van der Waals surface area contributed by atoms with Gasteiger partial charge in [-0.3, -0.25) is 9.59 Å². The van der Waals surface area contributed by atoms with Crippen molar-refractivity contribution < 1.29 is 4.79 Å². The monoisotopic (exact) mass is 210 g/mol. The van der Waals surface area contributed by atoms with Gasteiger partial charge >= 0.3 is 0 Å². The smallest absolute Gasteiger partial charge is 0.269 e. The molecule has 1 amide bonds. The van der Waals surface area contributed by atoms with Crippen molar-refractivity contribution in [1.82, 2.24) is 9.78 Å². The lowest BCUT2D eigenvalue weighted by Gasteiger charge is -2.12. The molecule has 0 fully saturated rings. The van der Waals surface area contributed by atoms with Gasteiger partial charge in [0.1, 0.15) is 6.04 Å². The van der Waals surface area contributed by atoms with E-state index in [1.165, 1.54) is 12.3 Å². The van der Waals surface area contributed by atoms with E-state index in [4.69, 9.17) is 5.73 Å². The van der Waals surface area contributed by atoms with Crippen LogP contribution in [0.2, 0.25) is 0 Å². The highest BCUT2D eigenvalue weighted by atomic mass is 16.2. The summed E-state index contributed by atoms with van der Waals surface area (Å²) in [6, 6.07) is 0.696. The average molecular weight is 210 g/mol. The fourth-order valence-electron chi connectivity index (χ4n) is 1.28. The first-order valence-corrected chi connectivity index (χ1v) is 4.66. The number of nitrogens with one attached hydrogen (secondary N) is 1. The van der Waals surface area contributed by atoms with Gasteiger partial charge in [-0.05, 0) is 6.42 Å². The van der Waals surface area contributed by atoms with Crippen LogP contribution in [0.1, 0.15) is 19.4 Å². The zero-order chi connectivity index (χ0) is 11.4. The van der Waals surface area contributed by atoms with E-state index < -0.39 is 11.9 Å². The Morgan fingerprint density at radius 1 is 1.73 bits per heavy atom. The lowest BCUT2D eigenvalue weighted by molar-refractivity contribution is -0.121. The molecule has 0 aliphatic heterocycles. The number of anilines is 1. The highest BCUT2D eigenvalue weighted by molar-refractivity contribution is 5.78. The molecule has 0 spiro atoms. The molecule has 1 unspecified atom stereocenters. The summed E-state index contributed by atoms with van der Waals surface area (Å²) in [5.74, 6) is -0.552. The van der Waals surface area contributed by atoms with Gasteiger partial charge in [0.2, 0.25) is 5.91 Å². The maximum Gasteiger partial charge on any atom is 0.269 e. The minimum Gasteiger partial charge on any atom is -0.387 e. The van der Waals surface area contributed by atoms with E-state index in [0.29, 0.717) is 12.1 Å². The number of hydrogen-bond acceptors (Lipinski definition) is 4. The standard InChI is InChI=1S/C9H14N4O2/c1-3-7(9(10)15)13-8(14)4-6(11-2)5-12-13/h4-5,7,11H,3H2,1-2H3,(H2,10,15). The van der Waals surface area contributed by atoms with Crippen molar-refractivity contribution in [3.63, 3.8) is 0 Å². The number of carbonyl (C=O) groups is 1. The molecule has 6 heteroatoms. The summed E-state index contributed by atoms with van der Waals surface area (Å²) in [7, 11) is 1.69. The second-order valence-corrected chi connectivity index (χ2v) is 3.10. The van der Waals surface area contributed by atoms with Gasteiger partial charge < -0.3 is 11.1 Å². The molecule has 82 valence electrons. The van der Waals surface area contributed by atoms with Gasteiger partial charge in [0.05, 0.1) is 11.9 Å². The van der Waals surface area contributed by atoms with Gasteiger partial charge in [-0.25, -0.2) is 4.68 Å². The van der Waals surface area contributed by atoms with Gasteiger partial charge in [-0.2, -0.15) is 5.10 Å². The molecule has 0 aliphatic rings. The van der Waals surface area contributed by atoms with Gasteiger partial charge in [-0.1, -0.05) is 6.92 Å². The van der Waals surface area contributed by atoms with Crippen molar-refractivity contribution in [2.24, 2.45) is 5.73 Å². The molecule has 1 heterocycles. The second kappa shape index (κ2) is 4.59. The fraction of sp³-hybridized carbons (Fsp3) is 0.444. The number of primary amides is 1. The number of rotatable bonds is 4. The molecule has 0 saturated carbocycles. The SMILES string of the molecule is CCC(C(N)=O)n1ncc(NC)cc1=O. The zero-order valence-corrected chi connectivity index (χ0v) is 8.73. The Kier molecular flexibility index (Phi) is 3.43.